The zero-order valence-corrected chi connectivity index (χ0v) is 20.4. The van der Waals surface area contributed by atoms with Gasteiger partial charge in [-0.1, -0.05) is 0 Å². The van der Waals surface area contributed by atoms with Gasteiger partial charge in [-0.3, -0.25) is 4.79 Å². The van der Waals surface area contributed by atoms with Crippen LogP contribution in [0.25, 0.3) is 11.4 Å². The molecular weight excluding hydrogens is 471 g/mol. The van der Waals surface area contributed by atoms with E-state index < -0.39 is 23.2 Å². The van der Waals surface area contributed by atoms with Crippen molar-refractivity contribution in [2.75, 3.05) is 19.9 Å². The molecule has 3 heterocycles. The second-order valence-electron chi connectivity index (χ2n) is 8.19. The van der Waals surface area contributed by atoms with Crippen LogP contribution in [0.2, 0.25) is 0 Å². The smallest absolute Gasteiger partial charge is 0.344 e. The third-order valence-electron chi connectivity index (χ3n) is 5.94. The Hall–Kier alpha value is -3.37. The fourth-order valence-corrected chi connectivity index (χ4v) is 4.61. The van der Waals surface area contributed by atoms with Gasteiger partial charge in [0.2, 0.25) is 11.7 Å². The first kappa shape index (κ1) is 24.7. The molecule has 0 saturated carbocycles. The molecule has 1 saturated heterocycles. The average Bonchev–Trinajstić information content (AvgIpc) is 2.89. The standard InChI is InChI=1S/C25H25FN4O4S/c1-15-7-9-25(14-30-15,34-23-20(24(32)33-2)19(35-3)8-12-29-23)21(31)18-13-16(26)5-6-17(18)22-27-10-4-11-28-22/h4-6,8,10-13,15,30H,7,9,14H2,1-3H3/t15-,25-/m1/s1. The van der Waals surface area contributed by atoms with E-state index in [4.69, 9.17) is 9.47 Å². The van der Waals surface area contributed by atoms with Gasteiger partial charge in [-0.15, -0.1) is 11.8 Å². The molecule has 0 unspecified atom stereocenters. The molecule has 2 atom stereocenters. The Kier molecular flexibility index (Phi) is 7.42. The van der Waals surface area contributed by atoms with Gasteiger partial charge in [-0.05, 0) is 56.4 Å². The number of ether oxygens (including phenoxy) is 2. The highest BCUT2D eigenvalue weighted by Gasteiger charge is 2.46. The maximum Gasteiger partial charge on any atom is 0.344 e. The number of nitrogens with zero attached hydrogens (tertiary/aromatic N) is 3. The number of hydrogen-bond acceptors (Lipinski definition) is 9. The number of aromatic nitrogens is 3. The lowest BCUT2D eigenvalue weighted by atomic mass is 9.82. The molecule has 1 fully saturated rings. The number of halogens is 1. The third-order valence-corrected chi connectivity index (χ3v) is 6.72. The number of carbonyl (C=O) groups excluding carboxylic acids is 2. The van der Waals surface area contributed by atoms with Gasteiger partial charge in [0.05, 0.1) is 7.11 Å². The van der Waals surface area contributed by atoms with Crippen molar-refractivity contribution in [2.24, 2.45) is 0 Å². The van der Waals surface area contributed by atoms with E-state index in [-0.39, 0.29) is 29.6 Å². The first-order valence-corrected chi connectivity index (χ1v) is 12.3. The Morgan fingerprint density at radius 3 is 2.60 bits per heavy atom. The topological polar surface area (TPSA) is 103 Å². The molecule has 8 nitrogen and oxygen atoms in total. The molecule has 1 aliphatic heterocycles. The molecule has 0 aliphatic carbocycles. The van der Waals surface area contributed by atoms with Gasteiger partial charge in [0, 0.05) is 47.2 Å². The van der Waals surface area contributed by atoms with Crippen molar-refractivity contribution in [3.05, 3.63) is 65.9 Å². The molecule has 0 spiro atoms. The number of piperidine rings is 1. The fourth-order valence-electron chi connectivity index (χ4n) is 4.04. The molecular formula is C25H25FN4O4S. The van der Waals surface area contributed by atoms with Gasteiger partial charge in [0.25, 0.3) is 0 Å². The van der Waals surface area contributed by atoms with E-state index in [1.54, 1.807) is 24.5 Å². The first-order valence-electron chi connectivity index (χ1n) is 11.0. The fraction of sp³-hybridized carbons (Fsp3) is 0.320. The number of thioether (sulfide) groups is 1. The molecule has 35 heavy (non-hydrogen) atoms. The van der Waals surface area contributed by atoms with Crippen LogP contribution in [0.4, 0.5) is 4.39 Å². The van der Waals surface area contributed by atoms with E-state index in [0.29, 0.717) is 29.1 Å². The molecule has 1 aliphatic rings. The maximum atomic E-state index is 14.4. The van der Waals surface area contributed by atoms with Crippen LogP contribution in [-0.2, 0) is 4.74 Å². The molecule has 0 amide bonds. The largest absolute Gasteiger partial charge is 0.465 e. The quantitative estimate of drug-likeness (QED) is 0.296. The summed E-state index contributed by atoms with van der Waals surface area (Å²) in [5.74, 6) is -1.37. The van der Waals surface area contributed by atoms with Crippen molar-refractivity contribution in [2.45, 2.75) is 36.3 Å². The zero-order valence-electron chi connectivity index (χ0n) is 19.6. The Labute approximate surface area is 206 Å². The van der Waals surface area contributed by atoms with E-state index in [1.807, 2.05) is 13.2 Å². The zero-order chi connectivity index (χ0) is 25.0. The third kappa shape index (κ3) is 5.03. The molecule has 182 valence electrons. The van der Waals surface area contributed by atoms with Gasteiger partial charge in [-0.2, -0.15) is 0 Å². The van der Waals surface area contributed by atoms with Crippen molar-refractivity contribution < 1.29 is 23.5 Å². The summed E-state index contributed by atoms with van der Waals surface area (Å²) in [7, 11) is 1.27. The number of benzene rings is 1. The number of pyridine rings is 1. The lowest BCUT2D eigenvalue weighted by molar-refractivity contribution is 0.0245. The summed E-state index contributed by atoms with van der Waals surface area (Å²) in [6.45, 7) is 2.15. The van der Waals surface area contributed by atoms with Crippen LogP contribution >= 0.6 is 11.8 Å². The second kappa shape index (κ2) is 10.5. The summed E-state index contributed by atoms with van der Waals surface area (Å²) in [5.41, 5.74) is -0.832. The van der Waals surface area contributed by atoms with Crippen LogP contribution in [0.3, 0.4) is 0 Å². The Bertz CT molecular complexity index is 1230. The number of nitrogens with one attached hydrogen (secondary N) is 1. The SMILES string of the molecule is COC(=O)c1c(SC)ccnc1O[C@]1(C(=O)c2cc(F)ccc2-c2ncccn2)CC[C@@H](C)NC1. The molecule has 1 N–H and O–H groups in total. The molecule has 4 rings (SSSR count). The lowest BCUT2D eigenvalue weighted by Gasteiger charge is -2.39. The predicted molar refractivity (Wildman–Crippen MR) is 129 cm³/mol. The number of esters is 1. The van der Waals surface area contributed by atoms with E-state index in [1.165, 1.54) is 43.3 Å². The van der Waals surface area contributed by atoms with Crippen LogP contribution in [-0.4, -0.2) is 58.3 Å². The monoisotopic (exact) mass is 496 g/mol. The Morgan fingerprint density at radius 1 is 1.17 bits per heavy atom. The normalized spacial score (nSPS) is 19.7. The van der Waals surface area contributed by atoms with Crippen molar-refractivity contribution in [1.82, 2.24) is 20.3 Å². The van der Waals surface area contributed by atoms with E-state index in [2.05, 4.69) is 20.3 Å². The minimum absolute atomic E-state index is 0.0117. The molecule has 0 radical (unpaired) electrons. The lowest BCUT2D eigenvalue weighted by Crippen LogP contribution is -2.58. The first-order chi connectivity index (χ1) is 16.9. The van der Waals surface area contributed by atoms with Crippen LogP contribution < -0.4 is 10.1 Å². The van der Waals surface area contributed by atoms with Crippen LogP contribution in [0.15, 0.2) is 53.8 Å². The average molecular weight is 497 g/mol. The summed E-state index contributed by atoms with van der Waals surface area (Å²) in [4.78, 5) is 40.1. The van der Waals surface area contributed by atoms with Crippen LogP contribution in [0.5, 0.6) is 5.88 Å². The molecule has 2 aromatic heterocycles. The Balaban J connectivity index is 1.84. The van der Waals surface area contributed by atoms with Gasteiger partial charge in [0.1, 0.15) is 11.4 Å². The highest BCUT2D eigenvalue weighted by molar-refractivity contribution is 7.98. The summed E-state index contributed by atoms with van der Waals surface area (Å²) in [5, 5.41) is 3.29. The van der Waals surface area contributed by atoms with Gasteiger partial charge in [-0.25, -0.2) is 24.1 Å². The molecule has 1 aromatic carbocycles. The van der Waals surface area contributed by atoms with Crippen molar-refractivity contribution >= 4 is 23.5 Å². The summed E-state index contributed by atoms with van der Waals surface area (Å²) in [6, 6.07) is 7.40. The van der Waals surface area contributed by atoms with Gasteiger partial charge in [0.15, 0.2) is 11.4 Å². The van der Waals surface area contributed by atoms with E-state index in [0.717, 1.165) is 0 Å². The summed E-state index contributed by atoms with van der Waals surface area (Å²) < 4.78 is 25.7. The number of hydrogen-bond donors (Lipinski definition) is 1. The highest BCUT2D eigenvalue weighted by Crippen LogP contribution is 2.36. The van der Waals surface area contributed by atoms with Crippen LogP contribution in [0, 0.1) is 5.82 Å². The molecule has 10 heteroatoms. The number of Topliss-reactive ketones (excluding diaryl/α,β-unsaturated/α-hetero) is 1. The van der Waals surface area contributed by atoms with Gasteiger partial charge < -0.3 is 14.8 Å². The number of ketones is 1. The van der Waals surface area contributed by atoms with E-state index >= 15 is 0 Å². The number of rotatable bonds is 7. The minimum atomic E-state index is -1.45. The van der Waals surface area contributed by atoms with Crippen LogP contribution in [0.1, 0.15) is 40.5 Å². The van der Waals surface area contributed by atoms with Crippen molar-refractivity contribution in [3.63, 3.8) is 0 Å². The highest BCUT2D eigenvalue weighted by atomic mass is 32.2. The second-order valence-corrected chi connectivity index (χ2v) is 9.04. The summed E-state index contributed by atoms with van der Waals surface area (Å²) in [6.07, 6.45) is 7.38. The minimum Gasteiger partial charge on any atom is -0.465 e. The van der Waals surface area contributed by atoms with Gasteiger partial charge >= 0.3 is 5.97 Å². The Morgan fingerprint density at radius 2 is 1.94 bits per heavy atom. The number of carbonyl (C=O) groups is 2. The predicted octanol–water partition coefficient (Wildman–Crippen LogP) is 3.96. The van der Waals surface area contributed by atoms with Crippen molar-refractivity contribution in [3.8, 4) is 17.3 Å². The molecule has 0 bridgehead atoms. The maximum absolute atomic E-state index is 14.4. The molecule has 3 aromatic rings. The van der Waals surface area contributed by atoms with E-state index in [9.17, 15) is 14.0 Å². The van der Waals surface area contributed by atoms with Crippen molar-refractivity contribution in [1.29, 1.82) is 0 Å². The number of methoxy groups -OCH3 is 1. The summed E-state index contributed by atoms with van der Waals surface area (Å²) >= 11 is 1.33.